The van der Waals surface area contributed by atoms with Crippen LogP contribution in [0.15, 0.2) is 78.9 Å². The Labute approximate surface area is 171 Å². The second-order valence-corrected chi connectivity index (χ2v) is 8.46. The molecule has 0 aliphatic rings. The van der Waals surface area contributed by atoms with Gasteiger partial charge in [-0.2, -0.15) is 0 Å². The molecule has 140 valence electrons. The van der Waals surface area contributed by atoms with Crippen molar-refractivity contribution in [2.45, 2.75) is 12.7 Å². The van der Waals surface area contributed by atoms with Crippen molar-refractivity contribution < 1.29 is 4.21 Å². The van der Waals surface area contributed by atoms with Crippen molar-refractivity contribution in [2.24, 2.45) is 0 Å². The zero-order chi connectivity index (χ0) is 19.5. The molecule has 1 aromatic heterocycles. The van der Waals surface area contributed by atoms with Crippen LogP contribution in [0.3, 0.4) is 0 Å². The highest BCUT2D eigenvalue weighted by Gasteiger charge is 2.13. The van der Waals surface area contributed by atoms with E-state index in [1.807, 2.05) is 84.4 Å². The van der Waals surface area contributed by atoms with Gasteiger partial charge in [-0.25, -0.2) is 0 Å². The first-order chi connectivity index (χ1) is 13.6. The Morgan fingerprint density at radius 1 is 1.04 bits per heavy atom. The molecule has 0 bridgehead atoms. The van der Waals surface area contributed by atoms with Gasteiger partial charge in [-0.1, -0.05) is 66.7 Å². The lowest BCUT2D eigenvalue weighted by Crippen LogP contribution is -2.01. The molecule has 1 atom stereocenters. The highest BCUT2D eigenvalue weighted by molar-refractivity contribution is 7.94. The third kappa shape index (κ3) is 3.91. The molecule has 0 radical (unpaired) electrons. The maximum atomic E-state index is 13.3. The van der Waals surface area contributed by atoms with Crippen molar-refractivity contribution in [2.75, 3.05) is 0 Å². The second-order valence-electron chi connectivity index (χ2n) is 6.66. The number of fused-ring (bicyclic) bond motifs is 1. The maximum absolute atomic E-state index is 13.3. The number of H-pyrrole nitrogens is 1. The minimum Gasteiger partial charge on any atom is -0.330 e. The lowest BCUT2D eigenvalue weighted by molar-refractivity contribution is 0.688. The van der Waals surface area contributed by atoms with Gasteiger partial charge in [0.25, 0.3) is 0 Å². The summed E-state index contributed by atoms with van der Waals surface area (Å²) >= 11 is 5.54. The molecule has 1 heterocycles. The summed E-state index contributed by atoms with van der Waals surface area (Å²) < 4.78 is 15.8. The van der Waals surface area contributed by atoms with Crippen molar-refractivity contribution >= 4 is 45.2 Å². The van der Waals surface area contributed by atoms with Crippen LogP contribution in [0.4, 0.5) is 0 Å². The number of hydrogen-bond acceptors (Lipinski definition) is 2. The summed E-state index contributed by atoms with van der Waals surface area (Å²) in [5, 5.41) is 0. The molecule has 1 unspecified atom stereocenters. The summed E-state index contributed by atoms with van der Waals surface area (Å²) in [4.78, 5) is 4.00. The summed E-state index contributed by atoms with van der Waals surface area (Å²) in [6.45, 7) is 2.05. The van der Waals surface area contributed by atoms with E-state index < -0.39 is 10.8 Å². The number of nitrogens with zero attached hydrogens (tertiary/aromatic N) is 1. The fourth-order valence-electron chi connectivity index (χ4n) is 3.16. The molecule has 0 spiro atoms. The van der Waals surface area contributed by atoms with E-state index in [0.717, 1.165) is 32.6 Å². The lowest BCUT2D eigenvalue weighted by atomic mass is 10.2. The molecule has 0 amide bonds. The first kappa shape index (κ1) is 18.6. The lowest BCUT2D eigenvalue weighted by Gasteiger charge is -2.09. The molecule has 3 aromatic carbocycles. The summed E-state index contributed by atoms with van der Waals surface area (Å²) in [6.07, 6.45) is 1.91. The van der Waals surface area contributed by atoms with E-state index in [1.54, 1.807) is 0 Å². The number of aromatic nitrogens is 2. The highest BCUT2D eigenvalue weighted by atomic mass is 32.2. The summed E-state index contributed by atoms with van der Waals surface area (Å²) in [5.41, 5.74) is 5.08. The van der Waals surface area contributed by atoms with Gasteiger partial charge in [-0.15, -0.1) is 0 Å². The Balaban J connectivity index is 1.83. The van der Waals surface area contributed by atoms with E-state index >= 15 is 0 Å². The molecule has 0 aliphatic heterocycles. The van der Waals surface area contributed by atoms with Gasteiger partial charge in [0.15, 0.2) is 4.77 Å². The molecular formula is C23H20N2OS2. The number of hydrogen-bond donors (Lipinski definition) is 1. The number of imidazole rings is 1. The van der Waals surface area contributed by atoms with Gasteiger partial charge in [0.05, 0.1) is 32.5 Å². The van der Waals surface area contributed by atoms with Crippen LogP contribution >= 0.6 is 12.2 Å². The van der Waals surface area contributed by atoms with Crippen LogP contribution in [0.1, 0.15) is 16.7 Å². The number of nitrogens with one attached hydrogen (secondary N) is 1. The first-order valence-corrected chi connectivity index (χ1v) is 10.7. The van der Waals surface area contributed by atoms with Gasteiger partial charge in [0.1, 0.15) is 0 Å². The van der Waals surface area contributed by atoms with Crippen LogP contribution in [0, 0.1) is 11.7 Å². The molecule has 3 nitrogen and oxygen atoms in total. The van der Waals surface area contributed by atoms with Crippen LogP contribution < -0.4 is 0 Å². The predicted octanol–water partition coefficient (Wildman–Crippen LogP) is 5.91. The average Bonchev–Trinajstić information content (AvgIpc) is 3.01. The van der Waals surface area contributed by atoms with E-state index in [1.165, 1.54) is 0 Å². The smallest absolute Gasteiger partial charge is 0.182 e. The predicted molar refractivity (Wildman–Crippen MR) is 121 cm³/mol. The monoisotopic (exact) mass is 404 g/mol. The Bertz CT molecular complexity index is 1220. The highest BCUT2D eigenvalue weighted by Crippen LogP contribution is 2.25. The molecule has 0 aliphatic carbocycles. The van der Waals surface area contributed by atoms with Crippen molar-refractivity contribution in [3.8, 4) is 0 Å². The number of aromatic amines is 1. The molecule has 1 N–H and O–H groups in total. The van der Waals surface area contributed by atoms with Gasteiger partial charge in [0.2, 0.25) is 0 Å². The fourth-order valence-corrected chi connectivity index (χ4v) is 4.69. The number of benzene rings is 3. The summed E-state index contributed by atoms with van der Waals surface area (Å²) in [6, 6.07) is 25.9. The van der Waals surface area contributed by atoms with E-state index in [0.29, 0.717) is 10.5 Å². The average molecular weight is 405 g/mol. The van der Waals surface area contributed by atoms with Gasteiger partial charge in [0, 0.05) is 6.20 Å². The SMILES string of the molecule is Cc1ccc2c(c1)[nH]c(=S)n2/C=C(\c1ccccc1)S(=O)Cc1ccccc1. The van der Waals surface area contributed by atoms with Gasteiger partial charge in [-0.3, -0.25) is 8.78 Å². The quantitative estimate of drug-likeness (QED) is 0.420. The van der Waals surface area contributed by atoms with E-state index in [4.69, 9.17) is 12.2 Å². The zero-order valence-corrected chi connectivity index (χ0v) is 17.1. The van der Waals surface area contributed by atoms with Crippen LogP contribution in [-0.2, 0) is 16.6 Å². The van der Waals surface area contributed by atoms with Crippen LogP contribution in [0.5, 0.6) is 0 Å². The van der Waals surface area contributed by atoms with E-state index in [2.05, 4.69) is 17.1 Å². The molecule has 4 rings (SSSR count). The minimum atomic E-state index is -1.22. The Morgan fingerprint density at radius 2 is 1.71 bits per heavy atom. The standard InChI is InChI=1S/C23H20N2OS2/c1-17-12-13-21-20(14-17)24-23(27)25(21)15-22(19-10-6-3-7-11-19)28(26)16-18-8-4-2-5-9-18/h2-15H,16H2,1H3,(H,24,27)/b22-15+. The summed E-state index contributed by atoms with van der Waals surface area (Å²) in [7, 11) is -1.22. The molecule has 4 aromatic rings. The van der Waals surface area contributed by atoms with Crippen LogP contribution in [-0.4, -0.2) is 13.8 Å². The zero-order valence-electron chi connectivity index (χ0n) is 15.5. The van der Waals surface area contributed by atoms with E-state index in [-0.39, 0.29) is 0 Å². The third-order valence-corrected chi connectivity index (χ3v) is 6.29. The topological polar surface area (TPSA) is 37.8 Å². The largest absolute Gasteiger partial charge is 0.330 e. The first-order valence-electron chi connectivity index (χ1n) is 9.02. The molecule has 5 heteroatoms. The minimum absolute atomic E-state index is 0.455. The third-order valence-electron chi connectivity index (χ3n) is 4.56. The van der Waals surface area contributed by atoms with Crippen molar-refractivity contribution in [1.29, 1.82) is 0 Å². The van der Waals surface area contributed by atoms with E-state index in [9.17, 15) is 4.21 Å². The van der Waals surface area contributed by atoms with Gasteiger partial charge in [-0.05, 0) is 48.0 Å². The van der Waals surface area contributed by atoms with Crippen LogP contribution in [0.2, 0.25) is 0 Å². The fraction of sp³-hybridized carbons (Fsp3) is 0.0870. The van der Waals surface area contributed by atoms with Crippen molar-refractivity contribution in [1.82, 2.24) is 9.55 Å². The Kier molecular flexibility index (Phi) is 5.37. The van der Waals surface area contributed by atoms with Gasteiger partial charge >= 0.3 is 0 Å². The van der Waals surface area contributed by atoms with Crippen molar-refractivity contribution in [3.63, 3.8) is 0 Å². The molecule has 0 saturated heterocycles. The van der Waals surface area contributed by atoms with Gasteiger partial charge < -0.3 is 4.98 Å². The number of rotatable bonds is 5. The molecular weight excluding hydrogens is 384 g/mol. The second kappa shape index (κ2) is 8.09. The molecule has 0 saturated carbocycles. The Morgan fingerprint density at radius 3 is 2.43 bits per heavy atom. The van der Waals surface area contributed by atoms with Crippen molar-refractivity contribution in [3.05, 3.63) is 100 Å². The van der Waals surface area contributed by atoms with Crippen LogP contribution in [0.25, 0.3) is 22.1 Å². The molecule has 28 heavy (non-hydrogen) atoms. The normalized spacial score (nSPS) is 13.0. The molecule has 0 fully saturated rings. The number of aryl methyl sites for hydroxylation is 1. The Hall–Kier alpha value is -2.76. The maximum Gasteiger partial charge on any atom is 0.182 e. The summed E-state index contributed by atoms with van der Waals surface area (Å²) in [5.74, 6) is 0.455.